The van der Waals surface area contributed by atoms with Crippen LogP contribution in [0.15, 0.2) is 36.9 Å². The standard InChI is InChI=1S/C28H38N4O2/c1-19(2)22-8-7-9-23(17-22)28(5,6)29-27(34)31-14-12-30(13-15-31)18-26(33)25-16-20(3)32(21(25)4)24-10-11-24/h7-9,16-17,24H,1,10-15,18H2,2-6H3,(H,29,34). The summed E-state index contributed by atoms with van der Waals surface area (Å²) in [6.45, 7) is 17.2. The van der Waals surface area contributed by atoms with Gasteiger partial charge in [-0.3, -0.25) is 9.69 Å². The Morgan fingerprint density at radius 3 is 2.38 bits per heavy atom. The Bertz CT molecular complexity index is 1100. The van der Waals surface area contributed by atoms with Gasteiger partial charge in [0.25, 0.3) is 0 Å². The van der Waals surface area contributed by atoms with Crippen LogP contribution in [-0.4, -0.2) is 58.9 Å². The van der Waals surface area contributed by atoms with Gasteiger partial charge in [0.1, 0.15) is 0 Å². The summed E-state index contributed by atoms with van der Waals surface area (Å²) >= 11 is 0. The average molecular weight is 463 g/mol. The number of aromatic nitrogens is 1. The van der Waals surface area contributed by atoms with Gasteiger partial charge in [-0.2, -0.15) is 0 Å². The first-order chi connectivity index (χ1) is 16.1. The Labute approximate surface area is 203 Å². The van der Waals surface area contributed by atoms with E-state index in [9.17, 15) is 9.59 Å². The fraction of sp³-hybridized carbons (Fsp3) is 0.500. The number of carbonyl (C=O) groups is 2. The van der Waals surface area contributed by atoms with Crippen molar-refractivity contribution in [2.45, 2.75) is 59.0 Å². The summed E-state index contributed by atoms with van der Waals surface area (Å²) in [5.74, 6) is 0.177. The van der Waals surface area contributed by atoms with Gasteiger partial charge in [-0.25, -0.2) is 4.79 Å². The predicted octanol–water partition coefficient (Wildman–Crippen LogP) is 4.92. The van der Waals surface area contributed by atoms with Crippen molar-refractivity contribution < 1.29 is 9.59 Å². The number of nitrogens with one attached hydrogen (secondary N) is 1. The second-order valence-electron chi connectivity index (χ2n) is 10.5. The van der Waals surface area contributed by atoms with Crippen LogP contribution in [0.5, 0.6) is 0 Å². The van der Waals surface area contributed by atoms with Crippen LogP contribution in [0.25, 0.3) is 5.57 Å². The molecule has 0 spiro atoms. The Morgan fingerprint density at radius 1 is 1.09 bits per heavy atom. The van der Waals surface area contributed by atoms with Crippen molar-refractivity contribution >= 4 is 17.4 Å². The Morgan fingerprint density at radius 2 is 1.76 bits per heavy atom. The highest BCUT2D eigenvalue weighted by atomic mass is 16.2. The maximum atomic E-state index is 13.0. The molecule has 1 N–H and O–H groups in total. The molecular weight excluding hydrogens is 424 g/mol. The molecule has 34 heavy (non-hydrogen) atoms. The molecule has 0 radical (unpaired) electrons. The van der Waals surface area contributed by atoms with Crippen molar-refractivity contribution in [2.24, 2.45) is 0 Å². The molecule has 0 bridgehead atoms. The number of carbonyl (C=O) groups excluding carboxylic acids is 2. The van der Waals surface area contributed by atoms with E-state index in [0.29, 0.717) is 38.8 Å². The summed E-state index contributed by atoms with van der Waals surface area (Å²) in [5.41, 5.74) is 5.76. The second kappa shape index (κ2) is 9.41. The first kappa shape index (κ1) is 24.3. The SMILES string of the molecule is C=C(C)c1cccc(C(C)(C)NC(=O)N2CCN(CC(=O)c3cc(C)n(C4CC4)c3C)CC2)c1. The van der Waals surface area contributed by atoms with Crippen molar-refractivity contribution in [2.75, 3.05) is 32.7 Å². The molecule has 2 aliphatic rings. The van der Waals surface area contributed by atoms with Crippen LogP contribution in [0.4, 0.5) is 4.79 Å². The number of piperazine rings is 1. The van der Waals surface area contributed by atoms with Gasteiger partial charge in [-0.15, -0.1) is 0 Å². The van der Waals surface area contributed by atoms with Crippen molar-refractivity contribution in [3.05, 3.63) is 65.0 Å². The molecule has 182 valence electrons. The number of ketones is 1. The van der Waals surface area contributed by atoms with Crippen LogP contribution in [-0.2, 0) is 5.54 Å². The van der Waals surface area contributed by atoms with Crippen LogP contribution in [0.3, 0.4) is 0 Å². The van der Waals surface area contributed by atoms with Crippen LogP contribution in [0.2, 0.25) is 0 Å². The van der Waals surface area contributed by atoms with Crippen LogP contribution in [0, 0.1) is 13.8 Å². The predicted molar refractivity (Wildman–Crippen MR) is 137 cm³/mol. The number of hydrogen-bond donors (Lipinski definition) is 1. The minimum absolute atomic E-state index is 0.0651. The van der Waals surface area contributed by atoms with Gasteiger partial charge < -0.3 is 14.8 Å². The Kier molecular flexibility index (Phi) is 6.72. The van der Waals surface area contributed by atoms with Crippen LogP contribution in [0.1, 0.15) is 72.5 Å². The lowest BCUT2D eigenvalue weighted by atomic mass is 9.92. The molecule has 2 fully saturated rings. The van der Waals surface area contributed by atoms with Gasteiger partial charge in [0.05, 0.1) is 12.1 Å². The van der Waals surface area contributed by atoms with Crippen LogP contribution < -0.4 is 5.32 Å². The Balaban J connectivity index is 1.31. The minimum atomic E-state index is -0.500. The van der Waals surface area contributed by atoms with Gasteiger partial charge in [-0.05, 0) is 70.7 Å². The molecule has 0 unspecified atom stereocenters. The normalized spacial score (nSPS) is 17.0. The molecule has 2 heterocycles. The number of urea groups is 1. The smallest absolute Gasteiger partial charge is 0.318 e. The molecule has 6 nitrogen and oxygen atoms in total. The third-order valence-corrected chi connectivity index (χ3v) is 7.22. The number of amides is 2. The van der Waals surface area contributed by atoms with Crippen molar-refractivity contribution in [3.63, 3.8) is 0 Å². The topological polar surface area (TPSA) is 57.6 Å². The van der Waals surface area contributed by atoms with E-state index in [2.05, 4.69) is 41.3 Å². The summed E-state index contributed by atoms with van der Waals surface area (Å²) in [6.07, 6.45) is 2.42. The molecule has 1 aliphatic heterocycles. The summed E-state index contributed by atoms with van der Waals surface area (Å²) in [4.78, 5) is 30.1. The highest BCUT2D eigenvalue weighted by Crippen LogP contribution is 2.38. The van der Waals surface area contributed by atoms with E-state index in [1.165, 1.54) is 18.5 Å². The quantitative estimate of drug-likeness (QED) is 0.595. The number of hydrogen-bond acceptors (Lipinski definition) is 3. The zero-order valence-electron chi connectivity index (χ0n) is 21.3. The molecule has 4 rings (SSSR count). The molecule has 1 saturated carbocycles. The molecule has 0 atom stereocenters. The molecule has 6 heteroatoms. The Hall–Kier alpha value is -2.86. The van der Waals surface area contributed by atoms with E-state index in [1.54, 1.807) is 0 Å². The molecule has 2 aromatic rings. The van der Waals surface area contributed by atoms with E-state index >= 15 is 0 Å². The lowest BCUT2D eigenvalue weighted by Gasteiger charge is -2.37. The van der Waals surface area contributed by atoms with Gasteiger partial charge in [-0.1, -0.05) is 30.4 Å². The molecular formula is C28H38N4O2. The fourth-order valence-corrected chi connectivity index (χ4v) is 4.94. The van der Waals surface area contributed by atoms with Crippen molar-refractivity contribution in [1.82, 2.24) is 19.7 Å². The van der Waals surface area contributed by atoms with Gasteiger partial charge in [0.2, 0.25) is 0 Å². The number of aryl methyl sites for hydroxylation is 1. The minimum Gasteiger partial charge on any atom is -0.345 e. The van der Waals surface area contributed by atoms with Gasteiger partial charge >= 0.3 is 6.03 Å². The molecule has 2 amide bonds. The number of Topliss-reactive ketones (excluding diaryl/α,β-unsaturated/α-hetero) is 1. The molecule has 1 aromatic carbocycles. The monoisotopic (exact) mass is 462 g/mol. The summed E-state index contributed by atoms with van der Waals surface area (Å²) in [6, 6.07) is 10.7. The number of rotatable bonds is 7. The molecule has 1 saturated heterocycles. The van der Waals surface area contributed by atoms with E-state index in [0.717, 1.165) is 28.0 Å². The van der Waals surface area contributed by atoms with Crippen molar-refractivity contribution in [1.29, 1.82) is 0 Å². The first-order valence-corrected chi connectivity index (χ1v) is 12.3. The third kappa shape index (κ3) is 5.12. The molecule has 1 aliphatic carbocycles. The average Bonchev–Trinajstić information content (AvgIpc) is 3.58. The summed E-state index contributed by atoms with van der Waals surface area (Å²) in [5, 5.41) is 3.19. The van der Waals surface area contributed by atoms with E-state index < -0.39 is 5.54 Å². The largest absolute Gasteiger partial charge is 0.345 e. The number of benzene rings is 1. The lowest BCUT2D eigenvalue weighted by molar-refractivity contribution is 0.0874. The maximum Gasteiger partial charge on any atom is 0.318 e. The number of nitrogens with zero attached hydrogens (tertiary/aromatic N) is 3. The fourth-order valence-electron chi connectivity index (χ4n) is 4.94. The third-order valence-electron chi connectivity index (χ3n) is 7.22. The lowest BCUT2D eigenvalue weighted by Crippen LogP contribution is -2.55. The second-order valence-corrected chi connectivity index (χ2v) is 10.5. The first-order valence-electron chi connectivity index (χ1n) is 12.3. The zero-order chi connectivity index (χ0) is 24.6. The summed E-state index contributed by atoms with van der Waals surface area (Å²) < 4.78 is 2.32. The maximum absolute atomic E-state index is 13.0. The van der Waals surface area contributed by atoms with Crippen molar-refractivity contribution in [3.8, 4) is 0 Å². The van der Waals surface area contributed by atoms with E-state index in [1.807, 2.05) is 49.9 Å². The zero-order valence-corrected chi connectivity index (χ0v) is 21.3. The van der Waals surface area contributed by atoms with Crippen LogP contribution >= 0.6 is 0 Å². The van der Waals surface area contributed by atoms with E-state index in [4.69, 9.17) is 0 Å². The van der Waals surface area contributed by atoms with Gasteiger partial charge in [0, 0.05) is 49.2 Å². The summed E-state index contributed by atoms with van der Waals surface area (Å²) in [7, 11) is 0. The van der Waals surface area contributed by atoms with Gasteiger partial charge in [0.15, 0.2) is 5.78 Å². The highest BCUT2D eigenvalue weighted by molar-refractivity contribution is 5.99. The number of allylic oxidation sites excluding steroid dienone is 1. The molecule has 1 aromatic heterocycles. The van der Waals surface area contributed by atoms with E-state index in [-0.39, 0.29) is 11.8 Å². The highest BCUT2D eigenvalue weighted by Gasteiger charge is 2.31.